The van der Waals surface area contributed by atoms with Gasteiger partial charge in [-0.25, -0.2) is 4.99 Å². The first-order valence-corrected chi connectivity index (χ1v) is 8.07. The van der Waals surface area contributed by atoms with E-state index in [1.54, 1.807) is 0 Å². The van der Waals surface area contributed by atoms with Gasteiger partial charge in [-0.3, -0.25) is 0 Å². The SMILES string of the molecule is CCNC(=NCC1(O)CCc2ccccc21)N1CCCC1. The van der Waals surface area contributed by atoms with Gasteiger partial charge in [-0.05, 0) is 43.7 Å². The quantitative estimate of drug-likeness (QED) is 0.659. The zero-order valence-electron chi connectivity index (χ0n) is 12.8. The molecule has 21 heavy (non-hydrogen) atoms. The lowest BCUT2D eigenvalue weighted by Crippen LogP contribution is -2.41. The molecule has 2 aliphatic rings. The van der Waals surface area contributed by atoms with Crippen LogP contribution in [0.5, 0.6) is 0 Å². The lowest BCUT2D eigenvalue weighted by atomic mass is 9.96. The molecule has 0 spiro atoms. The number of aliphatic imine (C=N–C) groups is 1. The highest BCUT2D eigenvalue weighted by Crippen LogP contribution is 2.36. The van der Waals surface area contributed by atoms with Crippen LogP contribution >= 0.6 is 0 Å². The molecule has 1 aromatic carbocycles. The van der Waals surface area contributed by atoms with Gasteiger partial charge in [0.25, 0.3) is 0 Å². The van der Waals surface area contributed by atoms with Gasteiger partial charge in [-0.2, -0.15) is 0 Å². The van der Waals surface area contributed by atoms with Crippen LogP contribution in [0.3, 0.4) is 0 Å². The number of rotatable bonds is 3. The van der Waals surface area contributed by atoms with Crippen molar-refractivity contribution < 1.29 is 5.11 Å². The van der Waals surface area contributed by atoms with Gasteiger partial charge in [0, 0.05) is 19.6 Å². The number of nitrogens with zero attached hydrogens (tertiary/aromatic N) is 2. The molecule has 0 amide bonds. The van der Waals surface area contributed by atoms with Gasteiger partial charge in [0.15, 0.2) is 5.96 Å². The first kappa shape index (κ1) is 14.4. The van der Waals surface area contributed by atoms with Crippen molar-refractivity contribution in [3.63, 3.8) is 0 Å². The minimum absolute atomic E-state index is 0.447. The van der Waals surface area contributed by atoms with Crippen LogP contribution in [0.25, 0.3) is 0 Å². The molecule has 0 saturated carbocycles. The summed E-state index contributed by atoms with van der Waals surface area (Å²) in [6.45, 7) is 5.54. The minimum Gasteiger partial charge on any atom is -0.383 e. The van der Waals surface area contributed by atoms with E-state index in [2.05, 4.69) is 23.2 Å². The normalized spacial score (nSPS) is 25.2. The van der Waals surface area contributed by atoms with Crippen molar-refractivity contribution in [2.24, 2.45) is 4.99 Å². The van der Waals surface area contributed by atoms with E-state index < -0.39 is 5.60 Å². The summed E-state index contributed by atoms with van der Waals surface area (Å²) in [4.78, 5) is 7.03. The maximum Gasteiger partial charge on any atom is 0.194 e. The average Bonchev–Trinajstić information content (AvgIpc) is 3.13. The summed E-state index contributed by atoms with van der Waals surface area (Å²) in [5.41, 5.74) is 1.53. The Morgan fingerprint density at radius 2 is 2.10 bits per heavy atom. The molecule has 0 aromatic heterocycles. The molecule has 1 aliphatic heterocycles. The molecule has 1 aliphatic carbocycles. The third kappa shape index (κ3) is 2.91. The largest absolute Gasteiger partial charge is 0.383 e. The topological polar surface area (TPSA) is 47.9 Å². The molecular formula is C17H25N3O. The third-order valence-corrected chi connectivity index (χ3v) is 4.56. The third-order valence-electron chi connectivity index (χ3n) is 4.56. The summed E-state index contributed by atoms with van der Waals surface area (Å²) >= 11 is 0. The van der Waals surface area contributed by atoms with E-state index in [-0.39, 0.29) is 0 Å². The summed E-state index contributed by atoms with van der Waals surface area (Å²) in [5.74, 6) is 0.952. The summed E-state index contributed by atoms with van der Waals surface area (Å²) in [7, 11) is 0. The van der Waals surface area contributed by atoms with Gasteiger partial charge in [0.1, 0.15) is 5.60 Å². The second-order valence-electron chi connectivity index (χ2n) is 6.05. The molecule has 1 fully saturated rings. The van der Waals surface area contributed by atoms with Crippen molar-refractivity contribution in [1.29, 1.82) is 0 Å². The smallest absolute Gasteiger partial charge is 0.194 e. The standard InChI is InChI=1S/C17H25N3O/c1-2-18-16(20-11-5-6-12-20)19-13-17(21)10-9-14-7-3-4-8-15(14)17/h3-4,7-8,21H,2,5-6,9-13H2,1H3,(H,18,19). The minimum atomic E-state index is -0.795. The molecule has 2 N–H and O–H groups in total. The van der Waals surface area contributed by atoms with Crippen LogP contribution in [-0.2, 0) is 12.0 Å². The average molecular weight is 287 g/mol. The number of hydrogen-bond acceptors (Lipinski definition) is 2. The van der Waals surface area contributed by atoms with Crippen LogP contribution in [0.1, 0.15) is 37.3 Å². The van der Waals surface area contributed by atoms with Crippen molar-refractivity contribution in [2.75, 3.05) is 26.2 Å². The highest BCUT2D eigenvalue weighted by Gasteiger charge is 2.36. The Bertz CT molecular complexity index is 523. The fraction of sp³-hybridized carbons (Fsp3) is 0.588. The monoisotopic (exact) mass is 287 g/mol. The lowest BCUT2D eigenvalue weighted by Gasteiger charge is -2.25. The summed E-state index contributed by atoms with van der Waals surface area (Å²) in [5, 5.41) is 14.3. The fourth-order valence-electron chi connectivity index (χ4n) is 3.39. The van der Waals surface area contributed by atoms with Crippen LogP contribution in [-0.4, -0.2) is 42.1 Å². The van der Waals surface area contributed by atoms with E-state index in [9.17, 15) is 5.11 Å². The molecule has 1 heterocycles. The highest BCUT2D eigenvalue weighted by molar-refractivity contribution is 5.80. The number of fused-ring (bicyclic) bond motifs is 1. The number of nitrogens with one attached hydrogen (secondary N) is 1. The Morgan fingerprint density at radius 3 is 2.86 bits per heavy atom. The lowest BCUT2D eigenvalue weighted by molar-refractivity contribution is 0.0483. The fourth-order valence-corrected chi connectivity index (χ4v) is 3.39. The van der Waals surface area contributed by atoms with E-state index in [1.165, 1.54) is 18.4 Å². The Hall–Kier alpha value is -1.55. The number of aryl methyl sites for hydroxylation is 1. The van der Waals surface area contributed by atoms with E-state index in [1.807, 2.05) is 18.2 Å². The second-order valence-corrected chi connectivity index (χ2v) is 6.05. The van der Waals surface area contributed by atoms with Crippen molar-refractivity contribution >= 4 is 5.96 Å². The van der Waals surface area contributed by atoms with E-state index in [4.69, 9.17) is 4.99 Å². The van der Waals surface area contributed by atoms with Gasteiger partial charge in [0.05, 0.1) is 6.54 Å². The highest BCUT2D eigenvalue weighted by atomic mass is 16.3. The predicted molar refractivity (Wildman–Crippen MR) is 85.4 cm³/mol. The molecule has 1 unspecified atom stereocenters. The summed E-state index contributed by atoms with van der Waals surface area (Å²) < 4.78 is 0. The summed E-state index contributed by atoms with van der Waals surface area (Å²) in [6.07, 6.45) is 4.19. The number of hydrogen-bond donors (Lipinski definition) is 2. The molecule has 1 aromatic rings. The van der Waals surface area contributed by atoms with Gasteiger partial charge in [0.2, 0.25) is 0 Å². The van der Waals surface area contributed by atoms with E-state index >= 15 is 0 Å². The second kappa shape index (κ2) is 6.06. The molecule has 0 radical (unpaired) electrons. The molecule has 1 atom stereocenters. The van der Waals surface area contributed by atoms with Gasteiger partial charge >= 0.3 is 0 Å². The molecule has 3 rings (SSSR count). The van der Waals surface area contributed by atoms with Gasteiger partial charge in [-0.1, -0.05) is 24.3 Å². The molecule has 114 valence electrons. The zero-order chi connectivity index (χ0) is 14.7. The molecular weight excluding hydrogens is 262 g/mol. The Kier molecular flexibility index (Phi) is 4.15. The van der Waals surface area contributed by atoms with Gasteiger partial charge in [-0.15, -0.1) is 0 Å². The van der Waals surface area contributed by atoms with E-state index in [0.29, 0.717) is 6.54 Å². The van der Waals surface area contributed by atoms with Crippen molar-refractivity contribution in [1.82, 2.24) is 10.2 Å². The number of benzene rings is 1. The van der Waals surface area contributed by atoms with E-state index in [0.717, 1.165) is 44.0 Å². The first-order chi connectivity index (χ1) is 10.2. The van der Waals surface area contributed by atoms with Gasteiger partial charge < -0.3 is 15.3 Å². The number of likely N-dealkylation sites (tertiary alicyclic amines) is 1. The molecule has 4 heteroatoms. The number of guanidine groups is 1. The molecule has 0 bridgehead atoms. The van der Waals surface area contributed by atoms with Crippen LogP contribution in [0.2, 0.25) is 0 Å². The first-order valence-electron chi connectivity index (χ1n) is 8.07. The number of aliphatic hydroxyl groups is 1. The summed E-state index contributed by atoms with van der Waals surface area (Å²) in [6, 6.07) is 8.20. The van der Waals surface area contributed by atoms with Crippen molar-refractivity contribution in [3.05, 3.63) is 35.4 Å². The maximum atomic E-state index is 10.9. The van der Waals surface area contributed by atoms with Crippen LogP contribution in [0.15, 0.2) is 29.3 Å². The van der Waals surface area contributed by atoms with Crippen molar-refractivity contribution in [3.8, 4) is 0 Å². The van der Waals surface area contributed by atoms with Crippen LogP contribution < -0.4 is 5.32 Å². The van der Waals surface area contributed by atoms with Crippen LogP contribution in [0.4, 0.5) is 0 Å². The Balaban J connectivity index is 1.77. The Morgan fingerprint density at radius 1 is 1.33 bits per heavy atom. The molecule has 4 nitrogen and oxygen atoms in total. The zero-order valence-corrected chi connectivity index (χ0v) is 12.8. The Labute approximate surface area is 126 Å². The van der Waals surface area contributed by atoms with Crippen molar-refractivity contribution in [2.45, 2.75) is 38.2 Å². The predicted octanol–water partition coefficient (Wildman–Crippen LogP) is 1.88. The molecule has 1 saturated heterocycles. The van der Waals surface area contributed by atoms with Crippen LogP contribution in [0, 0.1) is 0 Å². The maximum absolute atomic E-state index is 10.9.